The second-order valence-corrected chi connectivity index (χ2v) is 2.89. The fraction of sp³-hybridized carbons (Fsp3) is 0.444. The van der Waals surface area contributed by atoms with Gasteiger partial charge in [0, 0.05) is 11.5 Å². The Hall–Kier alpha value is -1.03. The molecule has 10 heavy (non-hydrogen) atoms. The minimum atomic E-state index is 0.366. The Kier molecular flexibility index (Phi) is 1.91. The van der Waals surface area contributed by atoms with Gasteiger partial charge in [0.05, 0.1) is 6.07 Å². The van der Waals surface area contributed by atoms with Crippen LogP contribution in [0.5, 0.6) is 0 Å². The van der Waals surface area contributed by atoms with Crippen LogP contribution in [0.15, 0.2) is 23.8 Å². The van der Waals surface area contributed by atoms with Gasteiger partial charge in [-0.3, -0.25) is 0 Å². The Morgan fingerprint density at radius 1 is 1.60 bits per heavy atom. The van der Waals surface area contributed by atoms with E-state index < -0.39 is 0 Å². The van der Waals surface area contributed by atoms with Gasteiger partial charge in [0.1, 0.15) is 0 Å². The first-order valence-electron chi connectivity index (χ1n) is 3.54. The van der Waals surface area contributed by atoms with Gasteiger partial charge in [-0.05, 0) is 12.0 Å². The number of rotatable bonds is 1. The van der Waals surface area contributed by atoms with E-state index in [1.807, 2.05) is 12.2 Å². The third-order valence-electron chi connectivity index (χ3n) is 1.80. The highest BCUT2D eigenvalue weighted by atomic mass is 14.3. The third-order valence-corrected chi connectivity index (χ3v) is 1.80. The fourth-order valence-electron chi connectivity index (χ4n) is 1.19. The average molecular weight is 133 g/mol. The molecule has 0 saturated carbocycles. The number of hydrogen-bond acceptors (Lipinski definition) is 1. The van der Waals surface area contributed by atoms with E-state index in [0.29, 0.717) is 11.8 Å². The van der Waals surface area contributed by atoms with E-state index in [1.165, 1.54) is 0 Å². The first kappa shape index (κ1) is 7.08. The highest BCUT2D eigenvalue weighted by Crippen LogP contribution is 2.25. The number of hydrogen-bond donors (Lipinski definition) is 0. The molecule has 1 nitrogen and oxygen atoms in total. The molecule has 1 rings (SSSR count). The van der Waals surface area contributed by atoms with Crippen molar-refractivity contribution in [3.8, 4) is 6.07 Å². The van der Waals surface area contributed by atoms with Crippen LogP contribution >= 0.6 is 0 Å². The summed E-state index contributed by atoms with van der Waals surface area (Å²) in [4.78, 5) is 0. The molecule has 1 aliphatic rings. The quantitative estimate of drug-likeness (QED) is 0.538. The zero-order chi connectivity index (χ0) is 7.56. The molecule has 0 saturated heterocycles. The smallest absolute Gasteiger partial charge is 0.0953 e. The predicted molar refractivity (Wildman–Crippen MR) is 41.2 cm³/mol. The van der Waals surface area contributed by atoms with Crippen LogP contribution in [-0.4, -0.2) is 0 Å². The van der Waals surface area contributed by atoms with Crippen LogP contribution in [0.3, 0.4) is 0 Å². The summed E-state index contributed by atoms with van der Waals surface area (Å²) in [5.41, 5.74) is 0.898. The Bertz CT molecular complexity index is 215. The van der Waals surface area contributed by atoms with E-state index in [4.69, 9.17) is 5.26 Å². The largest absolute Gasteiger partial charge is 0.193 e. The number of nitriles is 1. The Morgan fingerprint density at radius 3 is 2.70 bits per heavy atom. The first-order valence-corrected chi connectivity index (χ1v) is 3.54. The van der Waals surface area contributed by atoms with Crippen molar-refractivity contribution in [2.45, 2.75) is 13.8 Å². The van der Waals surface area contributed by atoms with E-state index in [1.54, 1.807) is 0 Å². The average Bonchev–Trinajstić information content (AvgIpc) is 2.33. The first-order chi connectivity index (χ1) is 4.75. The van der Waals surface area contributed by atoms with E-state index in [-0.39, 0.29) is 0 Å². The Labute approximate surface area is 61.7 Å². The molecule has 52 valence electrons. The SMILES string of the molecule is CC(C)C1C=CC=C1C#N. The van der Waals surface area contributed by atoms with Gasteiger partial charge < -0.3 is 0 Å². The summed E-state index contributed by atoms with van der Waals surface area (Å²) in [6, 6.07) is 2.19. The highest BCUT2D eigenvalue weighted by molar-refractivity contribution is 5.37. The van der Waals surface area contributed by atoms with Gasteiger partial charge in [0.2, 0.25) is 0 Å². The molecule has 0 fully saturated rings. The van der Waals surface area contributed by atoms with Crippen molar-refractivity contribution in [1.82, 2.24) is 0 Å². The monoisotopic (exact) mass is 133 g/mol. The number of nitrogens with zero attached hydrogens (tertiary/aromatic N) is 1. The van der Waals surface area contributed by atoms with Crippen LogP contribution in [0.25, 0.3) is 0 Å². The van der Waals surface area contributed by atoms with Gasteiger partial charge in [0.25, 0.3) is 0 Å². The molecular formula is C9H11N. The second-order valence-electron chi connectivity index (χ2n) is 2.89. The zero-order valence-electron chi connectivity index (χ0n) is 6.33. The summed E-state index contributed by atoms with van der Waals surface area (Å²) in [7, 11) is 0. The van der Waals surface area contributed by atoms with E-state index in [2.05, 4.69) is 26.0 Å². The van der Waals surface area contributed by atoms with Crippen molar-refractivity contribution >= 4 is 0 Å². The molecule has 0 aromatic rings. The van der Waals surface area contributed by atoms with Crippen LogP contribution in [0.2, 0.25) is 0 Å². The van der Waals surface area contributed by atoms with Crippen molar-refractivity contribution in [3.05, 3.63) is 23.8 Å². The molecule has 1 unspecified atom stereocenters. The molecule has 0 amide bonds. The highest BCUT2D eigenvalue weighted by Gasteiger charge is 2.17. The third kappa shape index (κ3) is 1.11. The van der Waals surface area contributed by atoms with Gasteiger partial charge in [-0.1, -0.05) is 26.0 Å². The molecular weight excluding hydrogens is 122 g/mol. The summed E-state index contributed by atoms with van der Waals surface area (Å²) in [6.45, 7) is 4.26. The molecule has 1 aliphatic carbocycles. The van der Waals surface area contributed by atoms with Crippen molar-refractivity contribution in [3.63, 3.8) is 0 Å². The molecule has 1 heteroatoms. The lowest BCUT2D eigenvalue weighted by Crippen LogP contribution is -2.04. The predicted octanol–water partition coefficient (Wildman–Crippen LogP) is 2.28. The second kappa shape index (κ2) is 2.70. The molecule has 0 spiro atoms. The molecule has 1 atom stereocenters. The van der Waals surface area contributed by atoms with Gasteiger partial charge in [-0.15, -0.1) is 0 Å². The van der Waals surface area contributed by atoms with E-state index >= 15 is 0 Å². The maximum atomic E-state index is 8.63. The van der Waals surface area contributed by atoms with Gasteiger partial charge in [-0.2, -0.15) is 5.26 Å². The van der Waals surface area contributed by atoms with Crippen molar-refractivity contribution in [1.29, 1.82) is 5.26 Å². The minimum absolute atomic E-state index is 0.366. The Balaban J connectivity index is 2.74. The zero-order valence-corrected chi connectivity index (χ0v) is 6.33. The molecule has 0 radical (unpaired) electrons. The lowest BCUT2D eigenvalue weighted by Gasteiger charge is -2.11. The van der Waals surface area contributed by atoms with Crippen LogP contribution in [0.4, 0.5) is 0 Å². The molecule has 0 aliphatic heterocycles. The summed E-state index contributed by atoms with van der Waals surface area (Å²) in [5.74, 6) is 0.912. The molecule has 0 aromatic carbocycles. The topological polar surface area (TPSA) is 23.8 Å². The molecule has 0 bridgehead atoms. The van der Waals surface area contributed by atoms with Crippen molar-refractivity contribution in [2.75, 3.05) is 0 Å². The summed E-state index contributed by atoms with van der Waals surface area (Å²) in [5, 5.41) is 8.63. The van der Waals surface area contributed by atoms with Gasteiger partial charge in [0.15, 0.2) is 0 Å². The number of allylic oxidation sites excluding steroid dienone is 4. The van der Waals surface area contributed by atoms with Crippen molar-refractivity contribution < 1.29 is 0 Å². The lowest BCUT2D eigenvalue weighted by atomic mass is 9.92. The van der Waals surface area contributed by atoms with Crippen LogP contribution in [-0.2, 0) is 0 Å². The van der Waals surface area contributed by atoms with E-state index in [9.17, 15) is 0 Å². The molecule has 0 aromatic heterocycles. The maximum Gasteiger partial charge on any atom is 0.0953 e. The maximum absolute atomic E-state index is 8.63. The normalized spacial score (nSPS) is 23.0. The lowest BCUT2D eigenvalue weighted by molar-refractivity contribution is 0.541. The standard InChI is InChI=1S/C9H11N/c1-7(2)9-5-3-4-8(9)6-10/h3-5,7,9H,1-2H3. The minimum Gasteiger partial charge on any atom is -0.193 e. The summed E-state index contributed by atoms with van der Waals surface area (Å²) >= 11 is 0. The molecule has 0 N–H and O–H groups in total. The fourth-order valence-corrected chi connectivity index (χ4v) is 1.19. The van der Waals surface area contributed by atoms with Crippen LogP contribution in [0, 0.1) is 23.2 Å². The Morgan fingerprint density at radius 2 is 2.30 bits per heavy atom. The molecule has 0 heterocycles. The van der Waals surface area contributed by atoms with Crippen LogP contribution in [0.1, 0.15) is 13.8 Å². The summed E-state index contributed by atoms with van der Waals surface area (Å²) in [6.07, 6.45) is 5.94. The van der Waals surface area contributed by atoms with Gasteiger partial charge >= 0.3 is 0 Å². The van der Waals surface area contributed by atoms with E-state index in [0.717, 1.165) is 5.57 Å². The summed E-state index contributed by atoms with van der Waals surface area (Å²) < 4.78 is 0. The van der Waals surface area contributed by atoms with Crippen LogP contribution < -0.4 is 0 Å². The van der Waals surface area contributed by atoms with Crippen molar-refractivity contribution in [2.24, 2.45) is 11.8 Å². The van der Waals surface area contributed by atoms with Gasteiger partial charge in [-0.25, -0.2) is 0 Å².